The van der Waals surface area contributed by atoms with Crippen LogP contribution in [0.25, 0.3) is 0 Å². The summed E-state index contributed by atoms with van der Waals surface area (Å²) < 4.78 is 5.52. The van der Waals surface area contributed by atoms with Gasteiger partial charge in [0.1, 0.15) is 11.8 Å². The summed E-state index contributed by atoms with van der Waals surface area (Å²) >= 11 is 18.0. The normalized spacial score (nSPS) is 11.6. The van der Waals surface area contributed by atoms with Crippen LogP contribution in [-0.2, 0) is 16.1 Å². The third-order valence-electron chi connectivity index (χ3n) is 3.95. The van der Waals surface area contributed by atoms with Crippen LogP contribution in [0, 0.1) is 0 Å². The first-order valence-corrected chi connectivity index (χ1v) is 9.28. The van der Waals surface area contributed by atoms with Gasteiger partial charge < -0.3 is 15.0 Å². The molecule has 0 saturated heterocycles. The summed E-state index contributed by atoms with van der Waals surface area (Å²) in [5, 5.41) is 4.03. The zero-order valence-corrected chi connectivity index (χ0v) is 17.1. The average Bonchev–Trinajstić information content (AvgIpc) is 2.65. The first-order valence-electron chi connectivity index (χ1n) is 8.15. The molecule has 0 aliphatic rings. The van der Waals surface area contributed by atoms with Crippen LogP contribution in [0.5, 0.6) is 5.75 Å². The van der Waals surface area contributed by atoms with Crippen molar-refractivity contribution in [1.29, 1.82) is 0 Å². The lowest BCUT2D eigenvalue weighted by Gasteiger charge is -2.28. The van der Waals surface area contributed by atoms with Crippen molar-refractivity contribution in [1.82, 2.24) is 10.2 Å². The van der Waals surface area contributed by atoms with Crippen LogP contribution in [0.3, 0.4) is 0 Å². The molecule has 2 rings (SSSR count). The van der Waals surface area contributed by atoms with E-state index in [-0.39, 0.29) is 25.0 Å². The number of halogens is 3. The van der Waals surface area contributed by atoms with E-state index in [1.54, 1.807) is 49.4 Å². The van der Waals surface area contributed by atoms with Gasteiger partial charge in [0.15, 0.2) is 6.61 Å². The van der Waals surface area contributed by atoms with Crippen LogP contribution >= 0.6 is 34.8 Å². The monoisotopic (exact) mass is 428 g/mol. The van der Waals surface area contributed by atoms with Gasteiger partial charge >= 0.3 is 0 Å². The first kappa shape index (κ1) is 21.4. The summed E-state index contributed by atoms with van der Waals surface area (Å²) in [7, 11) is 1.51. The minimum atomic E-state index is -0.705. The zero-order valence-electron chi connectivity index (χ0n) is 14.8. The van der Waals surface area contributed by atoms with Crippen molar-refractivity contribution in [2.45, 2.75) is 19.5 Å². The number of amides is 2. The summed E-state index contributed by atoms with van der Waals surface area (Å²) in [4.78, 5) is 26.2. The molecule has 0 saturated carbocycles. The average molecular weight is 430 g/mol. The Bertz CT molecular complexity index is 812. The van der Waals surface area contributed by atoms with Crippen molar-refractivity contribution in [2.24, 2.45) is 0 Å². The van der Waals surface area contributed by atoms with Crippen molar-refractivity contribution in [2.75, 3.05) is 13.7 Å². The lowest BCUT2D eigenvalue weighted by Crippen LogP contribution is -2.48. The van der Waals surface area contributed by atoms with Crippen molar-refractivity contribution in [3.8, 4) is 5.75 Å². The highest BCUT2D eigenvalue weighted by molar-refractivity contribution is 6.35. The molecule has 0 radical (unpaired) electrons. The molecule has 5 nitrogen and oxygen atoms in total. The summed E-state index contributed by atoms with van der Waals surface area (Å²) in [6.07, 6.45) is 0. The number of carbonyl (C=O) groups excluding carboxylic acids is 2. The number of nitrogens with zero attached hydrogens (tertiary/aromatic N) is 1. The van der Waals surface area contributed by atoms with Crippen LogP contribution in [0.2, 0.25) is 15.1 Å². The standard InChI is InChI=1S/C19H19Cl3N2O3/c1-12(19(26)23-2)24(10-13-3-4-15(21)9-17(13)22)18(25)11-27-16-7-5-14(20)6-8-16/h3-9,12H,10-11H2,1-2H3,(H,23,26)/t12-/m1/s1. The van der Waals surface area contributed by atoms with E-state index in [4.69, 9.17) is 39.5 Å². The molecule has 0 spiro atoms. The Kier molecular flexibility index (Phi) is 7.78. The Labute approximate surface area is 173 Å². The van der Waals surface area contributed by atoms with E-state index >= 15 is 0 Å². The smallest absolute Gasteiger partial charge is 0.261 e. The minimum Gasteiger partial charge on any atom is -0.484 e. The predicted octanol–water partition coefficient (Wildman–Crippen LogP) is 4.19. The number of ether oxygens (including phenoxy) is 1. The number of carbonyl (C=O) groups is 2. The highest BCUT2D eigenvalue weighted by Crippen LogP contribution is 2.23. The lowest BCUT2D eigenvalue weighted by atomic mass is 10.1. The number of nitrogens with one attached hydrogen (secondary N) is 1. The van der Waals surface area contributed by atoms with Gasteiger partial charge in [-0.1, -0.05) is 40.9 Å². The molecule has 2 aromatic rings. The second-order valence-electron chi connectivity index (χ2n) is 5.79. The van der Waals surface area contributed by atoms with E-state index in [1.165, 1.54) is 11.9 Å². The van der Waals surface area contributed by atoms with E-state index in [2.05, 4.69) is 5.32 Å². The molecule has 1 N–H and O–H groups in total. The second-order valence-corrected chi connectivity index (χ2v) is 7.07. The van der Waals surface area contributed by atoms with E-state index in [0.717, 1.165) is 0 Å². The molecular weight excluding hydrogens is 411 g/mol. The number of hydrogen-bond donors (Lipinski definition) is 1. The zero-order chi connectivity index (χ0) is 20.0. The molecule has 0 aliphatic heterocycles. The molecule has 27 heavy (non-hydrogen) atoms. The molecule has 0 aromatic heterocycles. The fraction of sp³-hybridized carbons (Fsp3) is 0.263. The molecule has 1 atom stereocenters. The van der Waals surface area contributed by atoms with Crippen molar-refractivity contribution in [3.63, 3.8) is 0 Å². The molecule has 0 bridgehead atoms. The fourth-order valence-electron chi connectivity index (χ4n) is 2.38. The quantitative estimate of drug-likeness (QED) is 0.718. The summed E-state index contributed by atoms with van der Waals surface area (Å²) in [5.74, 6) is -0.142. The Hall–Kier alpha value is -1.95. The first-order chi connectivity index (χ1) is 12.8. The SMILES string of the molecule is CNC(=O)[C@@H](C)N(Cc1ccc(Cl)cc1Cl)C(=O)COc1ccc(Cl)cc1. The number of rotatable bonds is 7. The highest BCUT2D eigenvalue weighted by atomic mass is 35.5. The van der Waals surface area contributed by atoms with Crippen LogP contribution in [0.1, 0.15) is 12.5 Å². The fourth-order valence-corrected chi connectivity index (χ4v) is 2.98. The third kappa shape index (κ3) is 6.03. The second kappa shape index (κ2) is 9.83. The molecule has 2 amide bonds. The predicted molar refractivity (Wildman–Crippen MR) is 107 cm³/mol. The van der Waals surface area contributed by atoms with Gasteiger partial charge in [-0.3, -0.25) is 9.59 Å². The van der Waals surface area contributed by atoms with Gasteiger partial charge in [-0.2, -0.15) is 0 Å². The third-order valence-corrected chi connectivity index (χ3v) is 4.78. The summed E-state index contributed by atoms with van der Waals surface area (Å²) in [6, 6.07) is 11.0. The summed E-state index contributed by atoms with van der Waals surface area (Å²) in [5.41, 5.74) is 0.677. The molecular formula is C19H19Cl3N2O3. The maximum absolute atomic E-state index is 12.8. The summed E-state index contributed by atoms with van der Waals surface area (Å²) in [6.45, 7) is 1.56. The largest absolute Gasteiger partial charge is 0.484 e. The number of likely N-dealkylation sites (N-methyl/N-ethyl adjacent to an activating group) is 1. The van der Waals surface area contributed by atoms with Crippen LogP contribution in [-0.4, -0.2) is 36.4 Å². The number of hydrogen-bond acceptors (Lipinski definition) is 3. The van der Waals surface area contributed by atoms with Gasteiger partial charge in [-0.15, -0.1) is 0 Å². The minimum absolute atomic E-state index is 0.146. The Balaban J connectivity index is 2.16. The Morgan fingerprint density at radius 3 is 2.30 bits per heavy atom. The van der Waals surface area contributed by atoms with Crippen molar-refractivity contribution in [3.05, 3.63) is 63.1 Å². The Morgan fingerprint density at radius 2 is 1.70 bits per heavy atom. The van der Waals surface area contributed by atoms with E-state index in [1.807, 2.05) is 0 Å². The molecule has 0 unspecified atom stereocenters. The Morgan fingerprint density at radius 1 is 1.07 bits per heavy atom. The van der Waals surface area contributed by atoms with Crippen LogP contribution < -0.4 is 10.1 Å². The van der Waals surface area contributed by atoms with E-state index in [9.17, 15) is 9.59 Å². The van der Waals surface area contributed by atoms with Gasteiger partial charge in [0, 0.05) is 28.7 Å². The number of benzene rings is 2. The van der Waals surface area contributed by atoms with Gasteiger partial charge in [-0.25, -0.2) is 0 Å². The molecule has 144 valence electrons. The van der Waals surface area contributed by atoms with Crippen molar-refractivity contribution >= 4 is 46.6 Å². The van der Waals surface area contributed by atoms with Crippen LogP contribution in [0.4, 0.5) is 0 Å². The topological polar surface area (TPSA) is 58.6 Å². The van der Waals surface area contributed by atoms with Gasteiger partial charge in [-0.05, 0) is 48.9 Å². The van der Waals surface area contributed by atoms with Crippen LogP contribution in [0.15, 0.2) is 42.5 Å². The molecule has 0 heterocycles. The molecule has 0 fully saturated rings. The van der Waals surface area contributed by atoms with Crippen molar-refractivity contribution < 1.29 is 14.3 Å². The highest BCUT2D eigenvalue weighted by Gasteiger charge is 2.26. The van der Waals surface area contributed by atoms with Gasteiger partial charge in [0.25, 0.3) is 5.91 Å². The van der Waals surface area contributed by atoms with E-state index in [0.29, 0.717) is 26.4 Å². The molecule has 2 aromatic carbocycles. The van der Waals surface area contributed by atoms with E-state index < -0.39 is 6.04 Å². The maximum atomic E-state index is 12.8. The van der Waals surface area contributed by atoms with Gasteiger partial charge in [0.2, 0.25) is 5.91 Å². The molecule has 0 aliphatic carbocycles. The van der Waals surface area contributed by atoms with Gasteiger partial charge in [0.05, 0.1) is 0 Å². The lowest BCUT2D eigenvalue weighted by molar-refractivity contribution is -0.142. The maximum Gasteiger partial charge on any atom is 0.261 e. The molecule has 8 heteroatoms.